The van der Waals surface area contributed by atoms with Crippen molar-refractivity contribution in [3.8, 4) is 0 Å². The number of rotatable bonds is 4. The van der Waals surface area contributed by atoms with Crippen LogP contribution >= 0.6 is 38.6 Å². The summed E-state index contributed by atoms with van der Waals surface area (Å²) in [6.07, 6.45) is 1.74. The standard InChI is InChI=1S/C20H16BrN3OS2/c1-12-9-15-17(10-13(12)2)27-20(23-15)24(11-14-5-3-4-8-22-14)19(25)16-6-7-18(21)26-16/h3-10H,11H2,1-2H3. The number of pyridine rings is 1. The van der Waals surface area contributed by atoms with Crippen LogP contribution in [-0.2, 0) is 6.54 Å². The number of aryl methyl sites for hydroxylation is 2. The van der Waals surface area contributed by atoms with Gasteiger partial charge in [-0.2, -0.15) is 0 Å². The first-order valence-electron chi connectivity index (χ1n) is 8.36. The van der Waals surface area contributed by atoms with Crippen LogP contribution in [0.15, 0.2) is 52.4 Å². The Morgan fingerprint density at radius 2 is 1.93 bits per heavy atom. The molecule has 4 nitrogen and oxygen atoms in total. The van der Waals surface area contributed by atoms with Crippen molar-refractivity contribution in [1.82, 2.24) is 9.97 Å². The van der Waals surface area contributed by atoms with Gasteiger partial charge in [-0.3, -0.25) is 14.7 Å². The van der Waals surface area contributed by atoms with E-state index < -0.39 is 0 Å². The maximum atomic E-state index is 13.2. The normalized spacial score (nSPS) is 11.1. The Morgan fingerprint density at radius 1 is 1.11 bits per heavy atom. The van der Waals surface area contributed by atoms with Crippen molar-refractivity contribution in [1.29, 1.82) is 0 Å². The van der Waals surface area contributed by atoms with E-state index in [1.807, 2.05) is 30.3 Å². The number of thiophene rings is 1. The van der Waals surface area contributed by atoms with Gasteiger partial charge in [0.25, 0.3) is 5.91 Å². The maximum absolute atomic E-state index is 13.2. The summed E-state index contributed by atoms with van der Waals surface area (Å²) in [6.45, 7) is 4.55. The summed E-state index contributed by atoms with van der Waals surface area (Å²) < 4.78 is 2.01. The van der Waals surface area contributed by atoms with E-state index in [2.05, 4.69) is 46.9 Å². The largest absolute Gasteiger partial charge is 0.277 e. The van der Waals surface area contributed by atoms with Crippen LogP contribution in [0.5, 0.6) is 0 Å². The van der Waals surface area contributed by atoms with E-state index in [0.717, 1.165) is 19.7 Å². The molecule has 0 N–H and O–H groups in total. The van der Waals surface area contributed by atoms with Gasteiger partial charge in [-0.15, -0.1) is 11.3 Å². The number of anilines is 1. The van der Waals surface area contributed by atoms with Crippen LogP contribution in [0.3, 0.4) is 0 Å². The molecule has 0 aliphatic carbocycles. The average molecular weight is 458 g/mol. The minimum absolute atomic E-state index is 0.0659. The highest BCUT2D eigenvalue weighted by Crippen LogP contribution is 2.33. The number of carbonyl (C=O) groups excluding carboxylic acids is 1. The molecule has 0 aliphatic heterocycles. The van der Waals surface area contributed by atoms with Crippen molar-refractivity contribution >= 4 is 59.9 Å². The molecule has 0 bridgehead atoms. The molecule has 1 aromatic carbocycles. The van der Waals surface area contributed by atoms with E-state index in [0.29, 0.717) is 16.6 Å². The fourth-order valence-corrected chi connectivity index (χ4v) is 5.10. The predicted octanol–water partition coefficient (Wildman–Crippen LogP) is 5.98. The van der Waals surface area contributed by atoms with Crippen molar-refractivity contribution in [2.75, 3.05) is 4.90 Å². The van der Waals surface area contributed by atoms with Gasteiger partial charge in [0.1, 0.15) is 0 Å². The molecule has 0 saturated heterocycles. The van der Waals surface area contributed by atoms with Crippen LogP contribution in [0.2, 0.25) is 0 Å². The molecular weight excluding hydrogens is 442 g/mol. The summed E-state index contributed by atoms with van der Waals surface area (Å²) in [6, 6.07) is 13.7. The van der Waals surface area contributed by atoms with Crippen LogP contribution < -0.4 is 4.90 Å². The number of benzene rings is 1. The van der Waals surface area contributed by atoms with E-state index in [1.165, 1.54) is 33.8 Å². The summed E-state index contributed by atoms with van der Waals surface area (Å²) in [5.74, 6) is -0.0659. The number of hydrogen-bond acceptors (Lipinski definition) is 5. The van der Waals surface area contributed by atoms with Crippen LogP contribution in [0.4, 0.5) is 5.13 Å². The smallest absolute Gasteiger partial charge is 0.270 e. The van der Waals surface area contributed by atoms with Gasteiger partial charge in [0.15, 0.2) is 5.13 Å². The topological polar surface area (TPSA) is 46.1 Å². The zero-order valence-electron chi connectivity index (χ0n) is 14.8. The van der Waals surface area contributed by atoms with E-state index in [-0.39, 0.29) is 5.91 Å². The highest BCUT2D eigenvalue weighted by atomic mass is 79.9. The lowest BCUT2D eigenvalue weighted by molar-refractivity contribution is 0.0988. The van der Waals surface area contributed by atoms with Gasteiger partial charge in [0, 0.05) is 6.20 Å². The first-order valence-corrected chi connectivity index (χ1v) is 10.8. The number of nitrogens with zero attached hydrogens (tertiary/aromatic N) is 3. The number of thiazole rings is 1. The molecular formula is C20H16BrN3OS2. The Balaban J connectivity index is 1.78. The molecule has 1 amide bonds. The Morgan fingerprint density at radius 3 is 2.63 bits per heavy atom. The SMILES string of the molecule is Cc1cc2nc(N(Cc3ccccn3)C(=O)c3ccc(Br)s3)sc2cc1C. The molecule has 4 aromatic rings. The van der Waals surface area contributed by atoms with Gasteiger partial charge in [-0.25, -0.2) is 4.98 Å². The molecule has 3 heterocycles. The number of fused-ring (bicyclic) bond motifs is 1. The van der Waals surface area contributed by atoms with Crippen molar-refractivity contribution in [2.45, 2.75) is 20.4 Å². The lowest BCUT2D eigenvalue weighted by Crippen LogP contribution is -2.30. The van der Waals surface area contributed by atoms with E-state index in [1.54, 1.807) is 11.1 Å². The summed E-state index contributed by atoms with van der Waals surface area (Å²) in [7, 11) is 0. The third-order valence-corrected chi connectivity index (χ3v) is 6.95. The zero-order chi connectivity index (χ0) is 19.0. The summed E-state index contributed by atoms with van der Waals surface area (Å²) in [5.41, 5.74) is 4.17. The quantitative estimate of drug-likeness (QED) is 0.378. The van der Waals surface area contributed by atoms with Gasteiger partial charge in [0.05, 0.1) is 31.1 Å². The molecule has 0 radical (unpaired) electrons. The second-order valence-corrected chi connectivity index (χ2v) is 9.69. The van der Waals surface area contributed by atoms with Crippen molar-refractivity contribution < 1.29 is 4.79 Å². The summed E-state index contributed by atoms with van der Waals surface area (Å²) in [5, 5.41) is 0.690. The molecule has 4 rings (SSSR count). The van der Waals surface area contributed by atoms with E-state index in [9.17, 15) is 4.79 Å². The highest BCUT2D eigenvalue weighted by molar-refractivity contribution is 9.11. The predicted molar refractivity (Wildman–Crippen MR) is 116 cm³/mol. The van der Waals surface area contributed by atoms with Crippen molar-refractivity contribution in [2.24, 2.45) is 0 Å². The molecule has 0 saturated carbocycles. The van der Waals surface area contributed by atoms with Gasteiger partial charge in [-0.1, -0.05) is 17.4 Å². The molecule has 0 atom stereocenters. The van der Waals surface area contributed by atoms with Crippen LogP contribution in [-0.4, -0.2) is 15.9 Å². The lowest BCUT2D eigenvalue weighted by atomic mass is 10.1. The van der Waals surface area contributed by atoms with E-state index >= 15 is 0 Å². The Hall–Kier alpha value is -2.09. The monoisotopic (exact) mass is 457 g/mol. The first-order chi connectivity index (χ1) is 13.0. The molecule has 0 aliphatic rings. The van der Waals surface area contributed by atoms with Gasteiger partial charge < -0.3 is 0 Å². The zero-order valence-corrected chi connectivity index (χ0v) is 18.0. The first kappa shape index (κ1) is 18.3. The van der Waals surface area contributed by atoms with Gasteiger partial charge >= 0.3 is 0 Å². The van der Waals surface area contributed by atoms with Crippen molar-refractivity contribution in [3.05, 3.63) is 74.1 Å². The minimum Gasteiger partial charge on any atom is -0.277 e. The number of carbonyl (C=O) groups is 1. The molecule has 136 valence electrons. The van der Waals surface area contributed by atoms with Crippen LogP contribution in [0.25, 0.3) is 10.2 Å². The lowest BCUT2D eigenvalue weighted by Gasteiger charge is -2.18. The van der Waals surface area contributed by atoms with Gasteiger partial charge in [0.2, 0.25) is 0 Å². The summed E-state index contributed by atoms with van der Waals surface area (Å²) >= 11 is 6.40. The average Bonchev–Trinajstić information content (AvgIpc) is 3.26. The Kier molecular flexibility index (Phi) is 5.08. The fraction of sp³-hybridized carbons (Fsp3) is 0.150. The van der Waals surface area contributed by atoms with Crippen LogP contribution in [0.1, 0.15) is 26.5 Å². The molecule has 7 heteroatoms. The van der Waals surface area contributed by atoms with Crippen molar-refractivity contribution in [3.63, 3.8) is 0 Å². The maximum Gasteiger partial charge on any atom is 0.270 e. The second-order valence-electron chi connectivity index (χ2n) is 6.22. The Labute approximate surface area is 173 Å². The number of halogens is 1. The highest BCUT2D eigenvalue weighted by Gasteiger charge is 2.23. The minimum atomic E-state index is -0.0659. The third kappa shape index (κ3) is 3.81. The third-order valence-electron chi connectivity index (χ3n) is 4.30. The Bertz CT molecular complexity index is 1080. The number of amides is 1. The molecule has 0 fully saturated rings. The van der Waals surface area contributed by atoms with E-state index in [4.69, 9.17) is 4.98 Å². The van der Waals surface area contributed by atoms with Crippen LogP contribution in [0, 0.1) is 13.8 Å². The summed E-state index contributed by atoms with van der Waals surface area (Å²) in [4.78, 5) is 24.8. The molecule has 0 unspecified atom stereocenters. The second kappa shape index (κ2) is 7.50. The number of aromatic nitrogens is 2. The molecule has 0 spiro atoms. The molecule has 3 aromatic heterocycles. The number of hydrogen-bond donors (Lipinski definition) is 0. The molecule has 27 heavy (non-hydrogen) atoms. The van der Waals surface area contributed by atoms with Gasteiger partial charge in [-0.05, 0) is 77.3 Å². The fourth-order valence-electron chi connectivity index (χ4n) is 2.73.